The molecule has 4 rings (SSSR count). The number of nitrogen functional groups attached to an aromatic ring is 1. The van der Waals surface area contributed by atoms with Crippen molar-refractivity contribution in [2.24, 2.45) is 5.92 Å². The summed E-state index contributed by atoms with van der Waals surface area (Å²) in [5.74, 6) is 2.41. The molecule has 1 aliphatic carbocycles. The Morgan fingerprint density at radius 3 is 2.50 bits per heavy atom. The number of methoxy groups -OCH3 is 2. The van der Waals surface area contributed by atoms with E-state index in [4.69, 9.17) is 19.9 Å². The van der Waals surface area contributed by atoms with Crippen LogP contribution in [0.5, 0.6) is 11.5 Å². The minimum Gasteiger partial charge on any atom is -0.493 e. The largest absolute Gasteiger partial charge is 0.493 e. The molecule has 0 spiro atoms. The van der Waals surface area contributed by atoms with Gasteiger partial charge in [-0.2, -0.15) is 13.2 Å². The SMILES string of the molecule is COc1cc2nc(C)nc(NCc3cc(N)cc(C(F)(F)F)n3)c2cc1OCC(OC)C1CC1. The fourth-order valence-electron chi connectivity index (χ4n) is 3.72. The Bertz CT molecular complexity index is 1180. The lowest BCUT2D eigenvalue weighted by atomic mass is 10.2. The van der Waals surface area contributed by atoms with Gasteiger partial charge < -0.3 is 25.3 Å². The number of hydrogen-bond acceptors (Lipinski definition) is 8. The number of pyridine rings is 1. The van der Waals surface area contributed by atoms with E-state index in [1.54, 1.807) is 33.3 Å². The second-order valence-electron chi connectivity index (χ2n) is 8.19. The van der Waals surface area contributed by atoms with Crippen LogP contribution >= 0.6 is 0 Å². The Morgan fingerprint density at radius 1 is 1.09 bits per heavy atom. The lowest BCUT2D eigenvalue weighted by Gasteiger charge is -2.18. The molecule has 0 aliphatic heterocycles. The van der Waals surface area contributed by atoms with Gasteiger partial charge in [0.25, 0.3) is 0 Å². The van der Waals surface area contributed by atoms with Crippen molar-refractivity contribution in [3.63, 3.8) is 0 Å². The van der Waals surface area contributed by atoms with Crippen molar-refractivity contribution in [3.8, 4) is 11.5 Å². The van der Waals surface area contributed by atoms with E-state index in [-0.39, 0.29) is 24.0 Å². The van der Waals surface area contributed by atoms with Crippen LogP contribution in [0.3, 0.4) is 0 Å². The van der Waals surface area contributed by atoms with Gasteiger partial charge in [0, 0.05) is 24.2 Å². The number of aromatic nitrogens is 3. The fraction of sp³-hybridized carbons (Fsp3) is 0.435. The maximum Gasteiger partial charge on any atom is 0.433 e. The molecule has 3 aromatic rings. The van der Waals surface area contributed by atoms with Gasteiger partial charge >= 0.3 is 6.18 Å². The molecule has 2 aromatic heterocycles. The van der Waals surface area contributed by atoms with Crippen molar-refractivity contribution in [3.05, 3.63) is 41.5 Å². The lowest BCUT2D eigenvalue weighted by Crippen LogP contribution is -2.22. The van der Waals surface area contributed by atoms with E-state index in [9.17, 15) is 13.2 Å². The Balaban J connectivity index is 1.62. The molecular formula is C23H26F3N5O3. The number of nitrogens with one attached hydrogen (secondary N) is 1. The summed E-state index contributed by atoms with van der Waals surface area (Å²) in [6.45, 7) is 2.07. The summed E-state index contributed by atoms with van der Waals surface area (Å²) >= 11 is 0. The van der Waals surface area contributed by atoms with Crippen molar-refractivity contribution >= 4 is 22.4 Å². The minimum absolute atomic E-state index is 0.00953. The second-order valence-corrected chi connectivity index (χ2v) is 8.19. The van der Waals surface area contributed by atoms with Gasteiger partial charge in [0.2, 0.25) is 0 Å². The van der Waals surface area contributed by atoms with Crippen LogP contribution in [0.2, 0.25) is 0 Å². The standard InChI is InChI=1S/C23H26F3N5O3/c1-12-29-17-9-18(32-2)19(34-11-20(33-3)13-4-5-13)8-16(17)22(30-12)28-10-15-6-14(27)7-21(31-15)23(24,25)26/h6-9,13,20H,4-5,10-11H2,1-3H3,(H2,27,31)(H,28,29,30). The normalized spacial score (nSPS) is 14.8. The molecule has 1 unspecified atom stereocenters. The predicted molar refractivity (Wildman–Crippen MR) is 121 cm³/mol. The van der Waals surface area contributed by atoms with Crippen LogP contribution in [0, 0.1) is 12.8 Å². The average Bonchev–Trinajstić information content (AvgIpc) is 3.62. The first-order valence-corrected chi connectivity index (χ1v) is 10.8. The highest BCUT2D eigenvalue weighted by atomic mass is 19.4. The number of ether oxygens (including phenoxy) is 3. The molecule has 1 atom stereocenters. The van der Waals surface area contributed by atoms with E-state index >= 15 is 0 Å². The molecule has 0 bridgehead atoms. The second kappa shape index (κ2) is 9.49. The van der Waals surface area contributed by atoms with Gasteiger partial charge in [-0.25, -0.2) is 15.0 Å². The fourth-order valence-corrected chi connectivity index (χ4v) is 3.72. The number of nitrogens with zero attached hydrogens (tertiary/aromatic N) is 3. The molecule has 182 valence electrons. The molecule has 1 saturated carbocycles. The number of rotatable bonds is 9. The lowest BCUT2D eigenvalue weighted by molar-refractivity contribution is -0.141. The third-order valence-corrected chi connectivity index (χ3v) is 5.57. The third kappa shape index (κ3) is 5.41. The van der Waals surface area contributed by atoms with Crippen LogP contribution < -0.4 is 20.5 Å². The maximum absolute atomic E-state index is 13.1. The zero-order valence-corrected chi connectivity index (χ0v) is 19.1. The number of halogens is 3. The van der Waals surface area contributed by atoms with E-state index in [0.717, 1.165) is 18.9 Å². The van der Waals surface area contributed by atoms with Crippen LogP contribution in [-0.2, 0) is 17.5 Å². The first kappa shape index (κ1) is 23.8. The number of aryl methyl sites for hydroxylation is 1. The molecule has 34 heavy (non-hydrogen) atoms. The molecule has 8 nitrogen and oxygen atoms in total. The first-order chi connectivity index (χ1) is 16.2. The van der Waals surface area contributed by atoms with Crippen LogP contribution in [0.25, 0.3) is 10.9 Å². The highest BCUT2D eigenvalue weighted by Gasteiger charge is 2.33. The summed E-state index contributed by atoms with van der Waals surface area (Å²) in [6.07, 6.45) is -2.37. The summed E-state index contributed by atoms with van der Waals surface area (Å²) in [5.41, 5.74) is 5.32. The van der Waals surface area contributed by atoms with Gasteiger partial charge in [-0.3, -0.25) is 0 Å². The number of alkyl halides is 3. The van der Waals surface area contributed by atoms with Gasteiger partial charge in [-0.15, -0.1) is 0 Å². The van der Waals surface area contributed by atoms with Crippen molar-refractivity contribution in [1.82, 2.24) is 15.0 Å². The summed E-state index contributed by atoms with van der Waals surface area (Å²) in [5, 5.41) is 3.69. The molecule has 1 fully saturated rings. The summed E-state index contributed by atoms with van der Waals surface area (Å²) < 4.78 is 56.3. The third-order valence-electron chi connectivity index (χ3n) is 5.57. The van der Waals surface area contributed by atoms with Gasteiger partial charge in [0.15, 0.2) is 11.5 Å². The Hall–Kier alpha value is -3.34. The molecule has 0 radical (unpaired) electrons. The molecule has 1 aliphatic rings. The Labute approximate surface area is 194 Å². The maximum atomic E-state index is 13.1. The van der Waals surface area contributed by atoms with Crippen LogP contribution in [0.15, 0.2) is 24.3 Å². The molecule has 2 heterocycles. The van der Waals surface area contributed by atoms with E-state index in [1.807, 2.05) is 0 Å². The van der Waals surface area contributed by atoms with Crippen molar-refractivity contribution in [1.29, 1.82) is 0 Å². The van der Waals surface area contributed by atoms with Gasteiger partial charge in [-0.1, -0.05) is 0 Å². The zero-order chi connectivity index (χ0) is 24.5. The van der Waals surface area contributed by atoms with Gasteiger partial charge in [-0.05, 0) is 43.9 Å². The van der Waals surface area contributed by atoms with Gasteiger partial charge in [0.05, 0.1) is 31.0 Å². The number of nitrogens with two attached hydrogens (primary N) is 1. The van der Waals surface area contributed by atoms with Gasteiger partial charge in [0.1, 0.15) is 23.9 Å². The van der Waals surface area contributed by atoms with E-state index in [2.05, 4.69) is 20.3 Å². The van der Waals surface area contributed by atoms with Crippen LogP contribution in [0.4, 0.5) is 24.7 Å². The predicted octanol–water partition coefficient (Wildman–Crippen LogP) is 4.36. The highest BCUT2D eigenvalue weighted by Crippen LogP contribution is 2.37. The van der Waals surface area contributed by atoms with E-state index in [1.165, 1.54) is 6.07 Å². The van der Waals surface area contributed by atoms with Crippen LogP contribution in [0.1, 0.15) is 30.1 Å². The monoisotopic (exact) mass is 477 g/mol. The molecule has 0 saturated heterocycles. The topological polar surface area (TPSA) is 104 Å². The highest BCUT2D eigenvalue weighted by molar-refractivity contribution is 5.91. The quantitative estimate of drug-likeness (QED) is 0.469. The molecule has 11 heteroatoms. The zero-order valence-electron chi connectivity index (χ0n) is 19.1. The number of hydrogen-bond donors (Lipinski definition) is 2. The van der Waals surface area contributed by atoms with E-state index in [0.29, 0.717) is 46.6 Å². The molecule has 0 amide bonds. The Kier molecular flexibility index (Phi) is 6.65. The van der Waals surface area contributed by atoms with Crippen molar-refractivity contribution < 1.29 is 27.4 Å². The van der Waals surface area contributed by atoms with Crippen molar-refractivity contribution in [2.45, 2.75) is 38.6 Å². The molecular weight excluding hydrogens is 451 g/mol. The summed E-state index contributed by atoms with van der Waals surface area (Å²) in [7, 11) is 3.21. The summed E-state index contributed by atoms with van der Waals surface area (Å²) in [6, 6.07) is 5.69. The molecule has 1 aromatic carbocycles. The molecule has 3 N–H and O–H groups in total. The Morgan fingerprint density at radius 2 is 1.85 bits per heavy atom. The van der Waals surface area contributed by atoms with Crippen LogP contribution in [-0.4, -0.2) is 41.9 Å². The summed E-state index contributed by atoms with van der Waals surface area (Å²) in [4.78, 5) is 12.6. The average molecular weight is 477 g/mol. The smallest absolute Gasteiger partial charge is 0.433 e. The number of anilines is 2. The van der Waals surface area contributed by atoms with Crippen molar-refractivity contribution in [2.75, 3.05) is 31.9 Å². The first-order valence-electron chi connectivity index (χ1n) is 10.8. The minimum atomic E-state index is -4.59. The number of fused-ring (bicyclic) bond motifs is 1. The number of benzene rings is 1. The van der Waals surface area contributed by atoms with E-state index < -0.39 is 11.9 Å².